The van der Waals surface area contributed by atoms with Crippen LogP contribution in [0, 0.1) is 6.92 Å². The zero-order valence-electron chi connectivity index (χ0n) is 24.2. The third-order valence-electron chi connectivity index (χ3n) is 7.79. The first-order valence-corrected chi connectivity index (χ1v) is 13.9. The van der Waals surface area contributed by atoms with Gasteiger partial charge in [-0.15, -0.1) is 0 Å². The van der Waals surface area contributed by atoms with Gasteiger partial charge in [-0.1, -0.05) is 35.9 Å². The van der Waals surface area contributed by atoms with Gasteiger partial charge in [-0.25, -0.2) is 0 Å². The van der Waals surface area contributed by atoms with Crippen LogP contribution < -0.4 is 24.8 Å². The van der Waals surface area contributed by atoms with Crippen molar-refractivity contribution >= 4 is 17.4 Å². The minimum Gasteiger partial charge on any atom is -0.494 e. The van der Waals surface area contributed by atoms with E-state index in [0.717, 1.165) is 33.8 Å². The minimum atomic E-state index is -0.508. The number of hydrogen-bond acceptors (Lipinski definition) is 6. The fraction of sp³-hybridized carbons (Fsp3) is 0.294. The van der Waals surface area contributed by atoms with E-state index in [1.807, 2.05) is 87.5 Å². The van der Waals surface area contributed by atoms with Crippen molar-refractivity contribution in [1.82, 2.24) is 5.32 Å². The summed E-state index contributed by atoms with van der Waals surface area (Å²) in [5.74, 6) is 1.26. The van der Waals surface area contributed by atoms with E-state index in [4.69, 9.17) is 14.2 Å². The van der Waals surface area contributed by atoms with Crippen LogP contribution >= 0.6 is 0 Å². The average molecular weight is 553 g/mol. The molecule has 3 aromatic rings. The van der Waals surface area contributed by atoms with Crippen molar-refractivity contribution in [2.75, 3.05) is 26.1 Å². The predicted molar refractivity (Wildman–Crippen MR) is 160 cm³/mol. The van der Waals surface area contributed by atoms with Crippen molar-refractivity contribution in [3.63, 3.8) is 0 Å². The molecule has 5 rings (SSSR count). The molecule has 1 aliphatic heterocycles. The Labute approximate surface area is 241 Å². The van der Waals surface area contributed by atoms with Crippen LogP contribution in [0.1, 0.15) is 55.2 Å². The average Bonchev–Trinajstić information content (AvgIpc) is 2.97. The molecule has 2 N–H and O–H groups in total. The number of carbonyl (C=O) groups excluding carboxylic acids is 2. The molecule has 2 aliphatic rings. The van der Waals surface area contributed by atoms with Crippen molar-refractivity contribution in [1.29, 1.82) is 0 Å². The van der Waals surface area contributed by atoms with Crippen molar-refractivity contribution in [3.8, 4) is 17.2 Å². The molecule has 0 bridgehead atoms. The van der Waals surface area contributed by atoms with Gasteiger partial charge in [0.1, 0.15) is 5.75 Å². The molecular weight excluding hydrogens is 516 g/mol. The first kappa shape index (κ1) is 28.0. The van der Waals surface area contributed by atoms with Crippen LogP contribution in [0.4, 0.5) is 5.69 Å². The molecule has 1 amide bonds. The fourth-order valence-corrected chi connectivity index (χ4v) is 5.77. The number of anilines is 1. The highest BCUT2D eigenvalue weighted by molar-refractivity contribution is 6.10. The van der Waals surface area contributed by atoms with Crippen LogP contribution in [0.2, 0.25) is 0 Å². The Kier molecular flexibility index (Phi) is 8.15. The van der Waals surface area contributed by atoms with Gasteiger partial charge in [-0.3, -0.25) is 9.59 Å². The van der Waals surface area contributed by atoms with Gasteiger partial charge in [0.05, 0.1) is 20.8 Å². The Balaban J connectivity index is 1.53. The summed E-state index contributed by atoms with van der Waals surface area (Å²) in [6.07, 6.45) is 0.962. The van der Waals surface area contributed by atoms with E-state index >= 15 is 0 Å². The molecule has 41 heavy (non-hydrogen) atoms. The molecule has 7 heteroatoms. The number of amides is 1. The molecule has 0 aromatic heterocycles. The lowest BCUT2D eigenvalue weighted by Gasteiger charge is -2.37. The number of allylic oxidation sites excluding steroid dienone is 3. The van der Waals surface area contributed by atoms with Gasteiger partial charge in [-0.2, -0.15) is 0 Å². The molecule has 0 saturated carbocycles. The van der Waals surface area contributed by atoms with Gasteiger partial charge in [0.2, 0.25) is 0 Å². The topological polar surface area (TPSA) is 85.9 Å². The summed E-state index contributed by atoms with van der Waals surface area (Å²) in [6.45, 7) is 6.40. The summed E-state index contributed by atoms with van der Waals surface area (Å²) in [6, 6.07) is 21.2. The maximum Gasteiger partial charge on any atom is 0.254 e. The second kappa shape index (κ2) is 11.9. The number of nitrogens with one attached hydrogen (secondary N) is 2. The monoisotopic (exact) mass is 552 g/mol. The maximum absolute atomic E-state index is 14.0. The largest absolute Gasteiger partial charge is 0.494 e. The van der Waals surface area contributed by atoms with E-state index < -0.39 is 5.92 Å². The fourth-order valence-electron chi connectivity index (χ4n) is 5.77. The molecule has 0 spiro atoms. The quantitative estimate of drug-likeness (QED) is 0.336. The first-order valence-electron chi connectivity index (χ1n) is 13.9. The highest BCUT2D eigenvalue weighted by Gasteiger charge is 2.41. The van der Waals surface area contributed by atoms with Crippen LogP contribution in [-0.4, -0.2) is 32.5 Å². The lowest BCUT2D eigenvalue weighted by atomic mass is 9.71. The Hall–Kier alpha value is -4.52. The van der Waals surface area contributed by atoms with E-state index in [1.165, 1.54) is 0 Å². The van der Waals surface area contributed by atoms with E-state index in [1.54, 1.807) is 14.2 Å². The predicted octanol–water partition coefficient (Wildman–Crippen LogP) is 6.41. The van der Waals surface area contributed by atoms with Gasteiger partial charge >= 0.3 is 0 Å². The van der Waals surface area contributed by atoms with Gasteiger partial charge in [0.25, 0.3) is 5.91 Å². The Bertz CT molecular complexity index is 1520. The zero-order chi connectivity index (χ0) is 29.1. The van der Waals surface area contributed by atoms with Crippen molar-refractivity contribution in [3.05, 3.63) is 106 Å². The van der Waals surface area contributed by atoms with Gasteiger partial charge < -0.3 is 24.8 Å². The van der Waals surface area contributed by atoms with E-state index in [9.17, 15) is 9.59 Å². The third-order valence-corrected chi connectivity index (χ3v) is 7.79. The number of dihydropyridines is 1. The number of carbonyl (C=O) groups is 2. The molecule has 1 aliphatic carbocycles. The standard InChI is InChI=1S/C34H36N2O5/c1-6-41-26-14-9-22(10-15-26)32-31(34(38)36-25-12-7-20(2)8-13-25)21(3)35-27-17-24(18-28(37)33(27)32)23-11-16-29(39-4)30(19-23)40-5/h7-16,19,24,32,35H,6,17-18H2,1-5H3,(H,36,38). The number of aryl methyl sites for hydroxylation is 1. The summed E-state index contributed by atoms with van der Waals surface area (Å²) in [5, 5.41) is 6.50. The normalized spacial score (nSPS) is 18.4. The number of rotatable bonds is 8. The van der Waals surface area contributed by atoms with Gasteiger partial charge in [0, 0.05) is 40.6 Å². The van der Waals surface area contributed by atoms with Crippen LogP contribution in [0.15, 0.2) is 89.3 Å². The van der Waals surface area contributed by atoms with Crippen LogP contribution in [-0.2, 0) is 9.59 Å². The summed E-state index contributed by atoms with van der Waals surface area (Å²) < 4.78 is 16.6. The number of hydrogen-bond donors (Lipinski definition) is 2. The lowest BCUT2D eigenvalue weighted by molar-refractivity contribution is -0.116. The maximum atomic E-state index is 14.0. The molecule has 7 nitrogen and oxygen atoms in total. The number of ketones is 1. The Morgan fingerprint density at radius 3 is 2.24 bits per heavy atom. The molecule has 0 fully saturated rings. The zero-order valence-corrected chi connectivity index (χ0v) is 24.2. The molecule has 0 radical (unpaired) electrons. The van der Waals surface area contributed by atoms with Crippen molar-refractivity contribution < 1.29 is 23.8 Å². The molecule has 2 atom stereocenters. The molecule has 3 aromatic carbocycles. The van der Waals surface area contributed by atoms with E-state index in [2.05, 4.69) is 10.6 Å². The van der Waals surface area contributed by atoms with E-state index in [-0.39, 0.29) is 17.6 Å². The summed E-state index contributed by atoms with van der Waals surface area (Å²) in [5.41, 5.74) is 6.45. The molecule has 0 saturated heterocycles. The summed E-state index contributed by atoms with van der Waals surface area (Å²) >= 11 is 0. The van der Waals surface area contributed by atoms with Crippen LogP contribution in [0.5, 0.6) is 17.2 Å². The van der Waals surface area contributed by atoms with Crippen molar-refractivity contribution in [2.24, 2.45) is 0 Å². The van der Waals surface area contributed by atoms with Gasteiger partial charge in [-0.05, 0) is 80.6 Å². The summed E-state index contributed by atoms with van der Waals surface area (Å²) in [4.78, 5) is 27.8. The number of Topliss-reactive ketones (excluding diaryl/α,β-unsaturated/α-hetero) is 1. The summed E-state index contributed by atoms with van der Waals surface area (Å²) in [7, 11) is 3.21. The SMILES string of the molecule is CCOc1ccc(C2C(C(=O)Nc3ccc(C)cc3)=C(C)NC3=C2C(=O)CC(c2ccc(OC)c(OC)c2)C3)cc1. The number of methoxy groups -OCH3 is 2. The third kappa shape index (κ3) is 5.71. The Morgan fingerprint density at radius 1 is 0.902 bits per heavy atom. The molecule has 2 unspecified atom stereocenters. The highest BCUT2D eigenvalue weighted by Crippen LogP contribution is 2.46. The lowest BCUT2D eigenvalue weighted by Crippen LogP contribution is -2.37. The van der Waals surface area contributed by atoms with Crippen LogP contribution in [0.3, 0.4) is 0 Å². The molecule has 1 heterocycles. The Morgan fingerprint density at radius 2 is 1.59 bits per heavy atom. The number of ether oxygens (including phenoxy) is 3. The smallest absolute Gasteiger partial charge is 0.254 e. The van der Waals surface area contributed by atoms with Crippen LogP contribution in [0.25, 0.3) is 0 Å². The first-order chi connectivity index (χ1) is 19.8. The van der Waals surface area contributed by atoms with Gasteiger partial charge in [0.15, 0.2) is 17.3 Å². The van der Waals surface area contributed by atoms with E-state index in [0.29, 0.717) is 47.8 Å². The molecule has 212 valence electrons. The minimum absolute atomic E-state index is 0.0190. The number of benzene rings is 3. The van der Waals surface area contributed by atoms with Crippen molar-refractivity contribution in [2.45, 2.75) is 45.4 Å². The molecular formula is C34H36N2O5. The second-order valence-corrected chi connectivity index (χ2v) is 10.5. The highest BCUT2D eigenvalue weighted by atomic mass is 16.5. The second-order valence-electron chi connectivity index (χ2n) is 10.5.